The molecule has 4 nitrogen and oxygen atoms in total. The van der Waals surface area contributed by atoms with E-state index in [1.165, 1.54) is 0 Å². The fourth-order valence-electron chi connectivity index (χ4n) is 3.39. The second-order valence-electron chi connectivity index (χ2n) is 6.86. The lowest BCUT2D eigenvalue weighted by molar-refractivity contribution is -0.127. The predicted molar refractivity (Wildman–Crippen MR) is 112 cm³/mol. The summed E-state index contributed by atoms with van der Waals surface area (Å²) in [6.07, 6.45) is 6.94. The lowest BCUT2D eigenvalue weighted by Gasteiger charge is -2.31. The third kappa shape index (κ3) is 4.34. The summed E-state index contributed by atoms with van der Waals surface area (Å²) < 4.78 is 6.21. The van der Waals surface area contributed by atoms with Gasteiger partial charge in [-0.25, -0.2) is 0 Å². The Kier molecular flexibility index (Phi) is 5.58. The van der Waals surface area contributed by atoms with E-state index in [0.29, 0.717) is 18.1 Å². The van der Waals surface area contributed by atoms with Crippen LogP contribution in [-0.2, 0) is 4.79 Å². The van der Waals surface area contributed by atoms with Crippen molar-refractivity contribution in [2.24, 2.45) is 0 Å². The van der Waals surface area contributed by atoms with Gasteiger partial charge in [0.05, 0.1) is 0 Å². The maximum Gasteiger partial charge on any atom is 0.246 e. The van der Waals surface area contributed by atoms with Crippen molar-refractivity contribution in [3.63, 3.8) is 0 Å². The molecule has 142 valence electrons. The highest BCUT2D eigenvalue weighted by Gasteiger charge is 2.23. The molecule has 2 aromatic carbocycles. The van der Waals surface area contributed by atoms with Crippen molar-refractivity contribution in [1.29, 1.82) is 0 Å². The van der Waals surface area contributed by atoms with E-state index in [2.05, 4.69) is 4.98 Å². The number of aromatic nitrogens is 1. The van der Waals surface area contributed by atoms with Gasteiger partial charge in [-0.1, -0.05) is 41.9 Å². The molecule has 0 N–H and O–H groups in total. The van der Waals surface area contributed by atoms with Crippen molar-refractivity contribution in [2.75, 3.05) is 13.1 Å². The van der Waals surface area contributed by atoms with Crippen LogP contribution in [0.4, 0.5) is 0 Å². The number of piperidine rings is 1. The van der Waals surface area contributed by atoms with Crippen LogP contribution in [0.15, 0.2) is 66.9 Å². The average molecular weight is 393 g/mol. The second kappa shape index (κ2) is 8.44. The van der Waals surface area contributed by atoms with Crippen LogP contribution in [0.25, 0.3) is 17.0 Å². The quantitative estimate of drug-likeness (QED) is 0.588. The molecule has 3 aromatic rings. The Balaban J connectivity index is 1.34. The van der Waals surface area contributed by atoms with Gasteiger partial charge in [0.25, 0.3) is 0 Å². The van der Waals surface area contributed by atoms with Gasteiger partial charge in [-0.3, -0.25) is 9.78 Å². The first-order chi connectivity index (χ1) is 13.7. The van der Waals surface area contributed by atoms with Crippen LogP contribution in [0.5, 0.6) is 5.75 Å². The Hall–Kier alpha value is -2.85. The van der Waals surface area contributed by atoms with E-state index < -0.39 is 0 Å². The zero-order chi connectivity index (χ0) is 19.3. The molecule has 0 spiro atoms. The number of benzene rings is 2. The highest BCUT2D eigenvalue weighted by Crippen LogP contribution is 2.26. The molecule has 1 aliphatic rings. The van der Waals surface area contributed by atoms with Gasteiger partial charge in [0.2, 0.25) is 5.91 Å². The van der Waals surface area contributed by atoms with Crippen LogP contribution in [-0.4, -0.2) is 35.0 Å². The van der Waals surface area contributed by atoms with Gasteiger partial charge in [-0.05, 0) is 35.9 Å². The summed E-state index contributed by atoms with van der Waals surface area (Å²) in [7, 11) is 0. The number of fused-ring (bicyclic) bond motifs is 1. The van der Waals surface area contributed by atoms with Crippen molar-refractivity contribution in [1.82, 2.24) is 9.88 Å². The first kappa shape index (κ1) is 18.5. The number of carbonyl (C=O) groups excluding carboxylic acids is 1. The molecule has 28 heavy (non-hydrogen) atoms. The number of rotatable bonds is 4. The molecule has 1 fully saturated rings. The Morgan fingerprint density at radius 2 is 1.82 bits per heavy atom. The molecule has 1 aromatic heterocycles. The van der Waals surface area contributed by atoms with E-state index in [-0.39, 0.29) is 12.0 Å². The topological polar surface area (TPSA) is 42.4 Å². The van der Waals surface area contributed by atoms with Crippen LogP contribution in [0.2, 0.25) is 5.02 Å². The molecule has 0 saturated carbocycles. The number of likely N-dealkylation sites (tertiary alicyclic amines) is 1. The zero-order valence-electron chi connectivity index (χ0n) is 15.4. The minimum atomic E-state index is 0.0280. The van der Waals surface area contributed by atoms with Crippen molar-refractivity contribution >= 4 is 34.5 Å². The fourth-order valence-corrected chi connectivity index (χ4v) is 3.52. The third-order valence-electron chi connectivity index (χ3n) is 4.93. The molecule has 0 aliphatic carbocycles. The monoisotopic (exact) mass is 392 g/mol. The maximum absolute atomic E-state index is 12.4. The Morgan fingerprint density at radius 1 is 1.07 bits per heavy atom. The van der Waals surface area contributed by atoms with E-state index in [1.54, 1.807) is 12.3 Å². The Labute approximate surface area is 169 Å². The number of ether oxygens (including phenoxy) is 1. The normalized spacial score (nSPS) is 15.2. The fraction of sp³-hybridized carbons (Fsp3) is 0.217. The lowest BCUT2D eigenvalue weighted by atomic mass is 10.1. The molecule has 0 radical (unpaired) electrons. The molecule has 0 bridgehead atoms. The summed E-state index contributed by atoms with van der Waals surface area (Å²) in [5.41, 5.74) is 1.84. The van der Waals surface area contributed by atoms with Gasteiger partial charge in [-0.15, -0.1) is 0 Å². The number of nitrogens with zero attached hydrogens (tertiary/aromatic N) is 2. The largest absolute Gasteiger partial charge is 0.488 e. The Morgan fingerprint density at radius 3 is 2.61 bits per heavy atom. The minimum Gasteiger partial charge on any atom is -0.488 e. The second-order valence-corrected chi connectivity index (χ2v) is 7.30. The molecule has 1 aliphatic heterocycles. The first-order valence-corrected chi connectivity index (χ1v) is 9.80. The van der Waals surface area contributed by atoms with Crippen molar-refractivity contribution in [2.45, 2.75) is 18.9 Å². The maximum atomic E-state index is 12.4. The van der Waals surface area contributed by atoms with E-state index in [9.17, 15) is 4.79 Å². The average Bonchev–Trinajstić information content (AvgIpc) is 2.74. The standard InChI is InChI=1S/C23H21ClN2O2/c24-19-9-6-17(7-10-19)8-11-22(27)26-15-12-20(13-16-26)28-21-5-1-3-18-4-2-14-25-23(18)21/h1-11,14,20H,12-13,15-16H2/b11-8+. The highest BCUT2D eigenvalue weighted by atomic mass is 35.5. The highest BCUT2D eigenvalue weighted by molar-refractivity contribution is 6.30. The molecule has 0 atom stereocenters. The molecular weight excluding hydrogens is 372 g/mol. The SMILES string of the molecule is O=C(/C=C/c1ccc(Cl)cc1)N1CCC(Oc2cccc3cccnc23)CC1. The number of amides is 1. The van der Waals surface area contributed by atoms with Gasteiger partial charge < -0.3 is 9.64 Å². The molecule has 4 rings (SSSR count). The third-order valence-corrected chi connectivity index (χ3v) is 5.18. The molecule has 0 unspecified atom stereocenters. The molecule has 1 saturated heterocycles. The van der Waals surface area contributed by atoms with Crippen LogP contribution in [0.1, 0.15) is 18.4 Å². The summed E-state index contributed by atoms with van der Waals surface area (Å²) in [4.78, 5) is 18.8. The summed E-state index contributed by atoms with van der Waals surface area (Å²) in [6, 6.07) is 17.4. The van der Waals surface area contributed by atoms with Crippen LogP contribution in [0, 0.1) is 0 Å². The minimum absolute atomic E-state index is 0.0280. The van der Waals surface area contributed by atoms with Crippen LogP contribution >= 0.6 is 11.6 Å². The van der Waals surface area contributed by atoms with Crippen LogP contribution in [0.3, 0.4) is 0 Å². The van der Waals surface area contributed by atoms with E-state index in [4.69, 9.17) is 16.3 Å². The van der Waals surface area contributed by atoms with E-state index in [1.807, 2.05) is 65.6 Å². The molecule has 2 heterocycles. The molecule has 1 amide bonds. The number of halogens is 1. The van der Waals surface area contributed by atoms with Gasteiger partial charge in [-0.2, -0.15) is 0 Å². The number of hydrogen-bond donors (Lipinski definition) is 0. The van der Waals surface area contributed by atoms with Crippen molar-refractivity contribution < 1.29 is 9.53 Å². The summed E-state index contributed by atoms with van der Waals surface area (Å²) in [6.45, 7) is 1.37. The molecular formula is C23H21ClN2O2. The summed E-state index contributed by atoms with van der Waals surface area (Å²) >= 11 is 5.88. The number of pyridine rings is 1. The lowest BCUT2D eigenvalue weighted by Crippen LogP contribution is -2.41. The molecule has 5 heteroatoms. The van der Waals surface area contributed by atoms with Gasteiger partial charge in [0.1, 0.15) is 17.4 Å². The van der Waals surface area contributed by atoms with Gasteiger partial charge >= 0.3 is 0 Å². The van der Waals surface area contributed by atoms with Gasteiger partial charge in [0, 0.05) is 48.6 Å². The Bertz CT molecular complexity index is 988. The van der Waals surface area contributed by atoms with Crippen molar-refractivity contribution in [3.05, 3.63) is 77.5 Å². The van der Waals surface area contributed by atoms with E-state index in [0.717, 1.165) is 35.1 Å². The first-order valence-electron chi connectivity index (χ1n) is 9.42. The van der Waals surface area contributed by atoms with E-state index >= 15 is 0 Å². The zero-order valence-corrected chi connectivity index (χ0v) is 16.2. The number of carbonyl (C=O) groups is 1. The summed E-state index contributed by atoms with van der Waals surface area (Å²) in [5, 5.41) is 1.76. The smallest absolute Gasteiger partial charge is 0.246 e. The number of para-hydroxylation sites is 1. The van der Waals surface area contributed by atoms with Gasteiger partial charge in [0.15, 0.2) is 0 Å². The number of hydrogen-bond acceptors (Lipinski definition) is 3. The predicted octanol–water partition coefficient (Wildman–Crippen LogP) is 4.97. The summed E-state index contributed by atoms with van der Waals surface area (Å²) in [5.74, 6) is 0.839. The van der Waals surface area contributed by atoms with Crippen molar-refractivity contribution in [3.8, 4) is 5.75 Å². The van der Waals surface area contributed by atoms with Crippen LogP contribution < -0.4 is 4.74 Å².